The Hall–Kier alpha value is -1.96. The van der Waals surface area contributed by atoms with E-state index in [0.29, 0.717) is 38.8 Å². The molecule has 2 aliphatic heterocycles. The molecule has 1 unspecified atom stereocenters. The Labute approximate surface area is 153 Å². The Morgan fingerprint density at radius 1 is 1.27 bits per heavy atom. The Morgan fingerprint density at radius 3 is 2.88 bits per heavy atom. The van der Waals surface area contributed by atoms with Crippen LogP contribution in [0.4, 0.5) is 0 Å². The molecule has 2 aromatic rings. The van der Waals surface area contributed by atoms with Crippen LogP contribution in [0.2, 0.25) is 0 Å². The number of amides is 1. The zero-order valence-electron chi connectivity index (χ0n) is 14.9. The molecular formula is C19H26N4O3. The van der Waals surface area contributed by atoms with Gasteiger partial charge in [-0.2, -0.15) is 0 Å². The summed E-state index contributed by atoms with van der Waals surface area (Å²) in [6.45, 7) is 4.61. The van der Waals surface area contributed by atoms with Crippen LogP contribution in [-0.4, -0.2) is 72.9 Å². The Balaban J connectivity index is 1.22. The molecule has 1 aromatic carbocycles. The number of nitrogens with one attached hydrogen (secondary N) is 2. The highest BCUT2D eigenvalue weighted by Crippen LogP contribution is 2.27. The molecule has 0 saturated carbocycles. The molecule has 1 aromatic heterocycles. The van der Waals surface area contributed by atoms with Crippen molar-refractivity contribution in [3.63, 3.8) is 0 Å². The van der Waals surface area contributed by atoms with Gasteiger partial charge >= 0.3 is 0 Å². The van der Waals surface area contributed by atoms with Crippen molar-refractivity contribution in [2.24, 2.45) is 0 Å². The summed E-state index contributed by atoms with van der Waals surface area (Å²) in [6, 6.07) is 8.14. The van der Waals surface area contributed by atoms with Gasteiger partial charge in [0.2, 0.25) is 5.91 Å². The summed E-state index contributed by atoms with van der Waals surface area (Å²) in [5.41, 5.74) is 2.12. The van der Waals surface area contributed by atoms with Crippen molar-refractivity contribution < 1.29 is 14.3 Å². The van der Waals surface area contributed by atoms with Crippen LogP contribution in [0.25, 0.3) is 11.0 Å². The summed E-state index contributed by atoms with van der Waals surface area (Å²) in [7, 11) is 0. The molecule has 26 heavy (non-hydrogen) atoms. The maximum absolute atomic E-state index is 12.2. The van der Waals surface area contributed by atoms with Gasteiger partial charge in [0.15, 0.2) is 0 Å². The number of nitrogens with zero attached hydrogens (tertiary/aromatic N) is 2. The monoisotopic (exact) mass is 358 g/mol. The van der Waals surface area contributed by atoms with Crippen molar-refractivity contribution >= 4 is 16.9 Å². The third-order valence-electron chi connectivity index (χ3n) is 5.16. The summed E-state index contributed by atoms with van der Waals surface area (Å²) in [4.78, 5) is 22.5. The molecule has 7 nitrogen and oxygen atoms in total. The number of imidazole rings is 1. The summed E-state index contributed by atoms with van der Waals surface area (Å²) in [5, 5.41) is 2.96. The highest BCUT2D eigenvalue weighted by Gasteiger charge is 2.24. The highest BCUT2D eigenvalue weighted by molar-refractivity contribution is 5.78. The van der Waals surface area contributed by atoms with Crippen LogP contribution in [0.1, 0.15) is 24.6 Å². The van der Waals surface area contributed by atoms with Crippen molar-refractivity contribution in [2.45, 2.75) is 24.9 Å². The summed E-state index contributed by atoms with van der Waals surface area (Å²) < 4.78 is 10.9. The predicted molar refractivity (Wildman–Crippen MR) is 98.1 cm³/mol. The lowest BCUT2D eigenvalue weighted by Crippen LogP contribution is -2.45. The lowest BCUT2D eigenvalue weighted by atomic mass is 9.96. The summed E-state index contributed by atoms with van der Waals surface area (Å²) in [6.07, 6.45) is 2.02. The van der Waals surface area contributed by atoms with E-state index in [9.17, 15) is 4.79 Å². The number of aromatic amines is 1. The van der Waals surface area contributed by atoms with Crippen LogP contribution in [0.15, 0.2) is 24.3 Å². The van der Waals surface area contributed by atoms with Crippen LogP contribution in [0.5, 0.6) is 0 Å². The number of rotatable bonds is 5. The van der Waals surface area contributed by atoms with E-state index in [1.54, 1.807) is 0 Å². The number of H-pyrrole nitrogens is 1. The Morgan fingerprint density at radius 2 is 2.12 bits per heavy atom. The lowest BCUT2D eigenvalue weighted by molar-refractivity contribution is -0.125. The number of hydrogen-bond acceptors (Lipinski definition) is 5. The number of aromatic nitrogens is 2. The predicted octanol–water partition coefficient (Wildman–Crippen LogP) is 1.27. The fourth-order valence-corrected chi connectivity index (χ4v) is 3.67. The van der Waals surface area contributed by atoms with Crippen LogP contribution in [0, 0.1) is 0 Å². The third-order valence-corrected chi connectivity index (χ3v) is 5.16. The second-order valence-electron chi connectivity index (χ2n) is 7.06. The van der Waals surface area contributed by atoms with Gasteiger partial charge in [0.25, 0.3) is 0 Å². The Kier molecular flexibility index (Phi) is 5.48. The molecule has 2 fully saturated rings. The number of likely N-dealkylation sites (tertiary alicyclic amines) is 1. The van der Waals surface area contributed by atoms with E-state index < -0.39 is 0 Å². The van der Waals surface area contributed by atoms with Crippen LogP contribution in [0.3, 0.4) is 0 Å². The molecule has 7 heteroatoms. The fraction of sp³-hybridized carbons (Fsp3) is 0.579. The maximum Gasteiger partial charge on any atom is 0.234 e. The minimum Gasteiger partial charge on any atom is -0.376 e. The SMILES string of the molecule is O=C(CN1CCC(c2nc3ccccc3[nH]2)CC1)NCC1COCCO1. The minimum absolute atomic E-state index is 0.0217. The van der Waals surface area contributed by atoms with E-state index >= 15 is 0 Å². The van der Waals surface area contributed by atoms with E-state index in [1.807, 2.05) is 18.2 Å². The first kappa shape index (κ1) is 17.5. The minimum atomic E-state index is -0.0217. The van der Waals surface area contributed by atoms with Crippen molar-refractivity contribution in [1.29, 1.82) is 0 Å². The molecule has 0 spiro atoms. The van der Waals surface area contributed by atoms with E-state index in [4.69, 9.17) is 14.5 Å². The fourth-order valence-electron chi connectivity index (χ4n) is 3.67. The number of carbonyl (C=O) groups is 1. The molecule has 3 heterocycles. The number of para-hydroxylation sites is 2. The van der Waals surface area contributed by atoms with Crippen molar-refractivity contribution in [3.8, 4) is 0 Å². The molecule has 2 saturated heterocycles. The molecule has 2 aliphatic rings. The molecule has 4 rings (SSSR count). The molecular weight excluding hydrogens is 332 g/mol. The van der Waals surface area contributed by atoms with Gasteiger partial charge in [0.1, 0.15) is 5.82 Å². The quantitative estimate of drug-likeness (QED) is 0.842. The van der Waals surface area contributed by atoms with Crippen molar-refractivity contribution in [3.05, 3.63) is 30.1 Å². The van der Waals surface area contributed by atoms with E-state index in [2.05, 4.69) is 21.3 Å². The first-order valence-corrected chi connectivity index (χ1v) is 9.41. The average molecular weight is 358 g/mol. The zero-order chi connectivity index (χ0) is 17.8. The van der Waals surface area contributed by atoms with Gasteiger partial charge in [-0.05, 0) is 38.1 Å². The normalized spacial score (nSPS) is 22.5. The van der Waals surface area contributed by atoms with Gasteiger partial charge in [0, 0.05) is 12.5 Å². The number of fused-ring (bicyclic) bond motifs is 1. The van der Waals surface area contributed by atoms with Crippen molar-refractivity contribution in [2.75, 3.05) is 46.0 Å². The molecule has 1 atom stereocenters. The summed E-state index contributed by atoms with van der Waals surface area (Å²) in [5.74, 6) is 1.57. The number of benzene rings is 1. The second-order valence-corrected chi connectivity index (χ2v) is 7.06. The van der Waals surface area contributed by atoms with Gasteiger partial charge in [0.05, 0.1) is 43.5 Å². The number of piperidine rings is 1. The zero-order valence-corrected chi connectivity index (χ0v) is 14.9. The van der Waals surface area contributed by atoms with Gasteiger partial charge in [-0.25, -0.2) is 4.98 Å². The van der Waals surface area contributed by atoms with Crippen LogP contribution in [-0.2, 0) is 14.3 Å². The largest absolute Gasteiger partial charge is 0.376 e. The summed E-state index contributed by atoms with van der Waals surface area (Å²) >= 11 is 0. The molecule has 2 N–H and O–H groups in total. The highest BCUT2D eigenvalue weighted by atomic mass is 16.6. The number of ether oxygens (including phenoxy) is 2. The first-order valence-electron chi connectivity index (χ1n) is 9.41. The van der Waals surface area contributed by atoms with Gasteiger partial charge in [-0.15, -0.1) is 0 Å². The van der Waals surface area contributed by atoms with Gasteiger partial charge < -0.3 is 19.8 Å². The molecule has 1 amide bonds. The topological polar surface area (TPSA) is 79.5 Å². The number of carbonyl (C=O) groups excluding carboxylic acids is 1. The molecule has 0 aliphatic carbocycles. The molecule has 0 bridgehead atoms. The lowest BCUT2D eigenvalue weighted by Gasteiger charge is -2.30. The maximum atomic E-state index is 12.2. The third kappa shape index (κ3) is 4.23. The molecule has 0 radical (unpaired) electrons. The first-order chi connectivity index (χ1) is 12.8. The smallest absolute Gasteiger partial charge is 0.234 e. The van der Waals surface area contributed by atoms with E-state index in [-0.39, 0.29) is 12.0 Å². The average Bonchev–Trinajstić information content (AvgIpc) is 3.12. The van der Waals surface area contributed by atoms with E-state index in [0.717, 1.165) is 42.8 Å². The van der Waals surface area contributed by atoms with E-state index in [1.165, 1.54) is 0 Å². The van der Waals surface area contributed by atoms with Gasteiger partial charge in [-0.1, -0.05) is 12.1 Å². The van der Waals surface area contributed by atoms with Crippen LogP contribution >= 0.6 is 0 Å². The Bertz CT molecular complexity index is 700. The van der Waals surface area contributed by atoms with Crippen molar-refractivity contribution in [1.82, 2.24) is 20.2 Å². The number of hydrogen-bond donors (Lipinski definition) is 2. The van der Waals surface area contributed by atoms with Crippen LogP contribution < -0.4 is 5.32 Å². The molecule has 140 valence electrons. The second kappa shape index (κ2) is 8.16. The van der Waals surface area contributed by atoms with Gasteiger partial charge in [-0.3, -0.25) is 9.69 Å². The standard InChI is InChI=1S/C19H26N4O3/c24-18(20-11-15-13-25-9-10-26-15)12-23-7-5-14(6-8-23)19-21-16-3-1-2-4-17(16)22-19/h1-4,14-15H,5-13H2,(H,20,24)(H,21,22).